The summed E-state index contributed by atoms with van der Waals surface area (Å²) in [4.78, 5) is 0. The lowest BCUT2D eigenvalue weighted by Crippen LogP contribution is -1.85. The van der Waals surface area contributed by atoms with Gasteiger partial charge >= 0.3 is 0 Å². The first kappa shape index (κ1) is 14.0. The molecule has 0 bridgehead atoms. The molecule has 0 nitrogen and oxygen atoms in total. The van der Waals surface area contributed by atoms with Crippen molar-refractivity contribution in [2.75, 3.05) is 0 Å². The number of rotatable bonds is 2. The lowest BCUT2D eigenvalue weighted by atomic mass is 9.99. The molecule has 0 aromatic heterocycles. The normalized spacial score (nSPS) is 9.00. The summed E-state index contributed by atoms with van der Waals surface area (Å²) in [5, 5.41) is 0. The van der Waals surface area contributed by atoms with Crippen molar-refractivity contribution in [3.05, 3.63) is 90.5 Å². The average molecular weight is 236 g/mol. The van der Waals surface area contributed by atoms with Gasteiger partial charge in [0.25, 0.3) is 0 Å². The van der Waals surface area contributed by atoms with Crippen molar-refractivity contribution in [3.8, 4) is 0 Å². The Morgan fingerprint density at radius 3 is 1.83 bits per heavy atom. The summed E-state index contributed by atoms with van der Waals surface area (Å²) in [6.07, 6.45) is 1.75. The zero-order valence-corrected chi connectivity index (χ0v) is 11.2. The third kappa shape index (κ3) is 4.06. The van der Waals surface area contributed by atoms with Crippen molar-refractivity contribution in [3.63, 3.8) is 0 Å². The third-order valence-corrected chi connectivity index (χ3v) is 2.52. The van der Waals surface area contributed by atoms with Crippen LogP contribution in [0.5, 0.6) is 0 Å². The highest BCUT2D eigenvalue weighted by Crippen LogP contribution is 2.21. The molecule has 2 rings (SSSR count). The minimum atomic E-state index is 1.08. The van der Waals surface area contributed by atoms with E-state index in [2.05, 4.69) is 56.5 Å². The first-order valence-corrected chi connectivity index (χ1v) is 6.07. The van der Waals surface area contributed by atoms with E-state index in [9.17, 15) is 0 Å². The van der Waals surface area contributed by atoms with Crippen molar-refractivity contribution in [2.24, 2.45) is 0 Å². The standard InChI is InChI=1S/C15H14.C3H6/c1-12-8-10-15(11-9-12)13(2)14-6-4-3-5-7-14;1-3-2/h3-11H,2H2,1H3;3H,1H2,2H3. The van der Waals surface area contributed by atoms with Crippen LogP contribution in [0.2, 0.25) is 0 Å². The SMILES string of the molecule is C=C(c1ccccc1)c1ccc(C)cc1.C=CC. The predicted octanol–water partition coefficient (Wildman–Crippen LogP) is 5.25. The minimum absolute atomic E-state index is 1.08. The fourth-order valence-electron chi connectivity index (χ4n) is 1.56. The van der Waals surface area contributed by atoms with Crippen LogP contribution in [0.3, 0.4) is 0 Å². The molecule has 0 heteroatoms. The smallest absolute Gasteiger partial charge is 0.0183 e. The fraction of sp³-hybridized carbons (Fsp3) is 0.111. The van der Waals surface area contributed by atoms with Gasteiger partial charge in [-0.25, -0.2) is 0 Å². The highest BCUT2D eigenvalue weighted by Gasteiger charge is 2.00. The van der Waals surface area contributed by atoms with E-state index in [1.165, 1.54) is 16.7 Å². The molecule has 0 saturated heterocycles. The fourth-order valence-corrected chi connectivity index (χ4v) is 1.56. The maximum atomic E-state index is 4.12. The second-order valence-corrected chi connectivity index (χ2v) is 4.12. The Kier molecular flexibility index (Phi) is 5.66. The average Bonchev–Trinajstić information content (AvgIpc) is 2.41. The van der Waals surface area contributed by atoms with Gasteiger partial charge < -0.3 is 0 Å². The number of allylic oxidation sites excluding steroid dienone is 1. The van der Waals surface area contributed by atoms with Gasteiger partial charge in [0.15, 0.2) is 0 Å². The Hall–Kier alpha value is -2.08. The molecule has 0 atom stereocenters. The Labute approximate surface area is 110 Å². The van der Waals surface area contributed by atoms with E-state index >= 15 is 0 Å². The zero-order chi connectivity index (χ0) is 13.4. The number of aryl methyl sites for hydroxylation is 1. The van der Waals surface area contributed by atoms with E-state index in [0.717, 1.165) is 5.57 Å². The van der Waals surface area contributed by atoms with Crippen molar-refractivity contribution >= 4 is 5.57 Å². The topological polar surface area (TPSA) is 0 Å². The number of benzene rings is 2. The monoisotopic (exact) mass is 236 g/mol. The molecule has 0 fully saturated rings. The van der Waals surface area contributed by atoms with Crippen LogP contribution >= 0.6 is 0 Å². The summed E-state index contributed by atoms with van der Waals surface area (Å²) in [5.74, 6) is 0. The number of hydrogen-bond acceptors (Lipinski definition) is 0. The van der Waals surface area contributed by atoms with Gasteiger partial charge in [-0.1, -0.05) is 72.8 Å². The van der Waals surface area contributed by atoms with Gasteiger partial charge in [0, 0.05) is 0 Å². The molecule has 18 heavy (non-hydrogen) atoms. The molecule has 0 aliphatic carbocycles. The highest BCUT2D eigenvalue weighted by molar-refractivity contribution is 5.77. The summed E-state index contributed by atoms with van der Waals surface area (Å²) in [6, 6.07) is 18.7. The maximum absolute atomic E-state index is 4.12. The lowest BCUT2D eigenvalue weighted by Gasteiger charge is -2.06. The van der Waals surface area contributed by atoms with Crippen LogP contribution < -0.4 is 0 Å². The summed E-state index contributed by atoms with van der Waals surface area (Å²) in [5.41, 5.74) is 4.73. The second kappa shape index (κ2) is 7.29. The molecule has 2 aromatic carbocycles. The van der Waals surface area contributed by atoms with E-state index in [-0.39, 0.29) is 0 Å². The molecule has 2 aromatic rings. The van der Waals surface area contributed by atoms with E-state index in [1.54, 1.807) is 6.08 Å². The summed E-state index contributed by atoms with van der Waals surface area (Å²) in [6.45, 7) is 11.5. The maximum Gasteiger partial charge on any atom is -0.0183 e. The zero-order valence-electron chi connectivity index (χ0n) is 11.2. The Morgan fingerprint density at radius 2 is 1.33 bits per heavy atom. The van der Waals surface area contributed by atoms with Crippen LogP contribution in [-0.4, -0.2) is 0 Å². The summed E-state index contributed by atoms with van der Waals surface area (Å²) >= 11 is 0. The van der Waals surface area contributed by atoms with Gasteiger partial charge in [0.2, 0.25) is 0 Å². The first-order chi connectivity index (χ1) is 8.69. The first-order valence-electron chi connectivity index (χ1n) is 6.07. The van der Waals surface area contributed by atoms with Crippen LogP contribution in [0.25, 0.3) is 5.57 Å². The van der Waals surface area contributed by atoms with Crippen molar-refractivity contribution in [1.29, 1.82) is 0 Å². The number of hydrogen-bond donors (Lipinski definition) is 0. The molecule has 92 valence electrons. The molecule has 0 N–H and O–H groups in total. The minimum Gasteiger partial charge on any atom is -0.103 e. The van der Waals surface area contributed by atoms with Crippen molar-refractivity contribution in [1.82, 2.24) is 0 Å². The lowest BCUT2D eigenvalue weighted by molar-refractivity contribution is 1.45. The Balaban J connectivity index is 0.000000492. The van der Waals surface area contributed by atoms with Crippen LogP contribution in [0.1, 0.15) is 23.6 Å². The van der Waals surface area contributed by atoms with Crippen molar-refractivity contribution in [2.45, 2.75) is 13.8 Å². The molecule has 0 heterocycles. The van der Waals surface area contributed by atoms with Crippen LogP contribution in [-0.2, 0) is 0 Å². The molecule has 0 aliphatic rings. The molecule has 0 unspecified atom stereocenters. The van der Waals surface area contributed by atoms with Gasteiger partial charge in [-0.3, -0.25) is 0 Å². The van der Waals surface area contributed by atoms with E-state index < -0.39 is 0 Å². The summed E-state index contributed by atoms with van der Waals surface area (Å²) < 4.78 is 0. The molecule has 0 spiro atoms. The Morgan fingerprint density at radius 1 is 0.889 bits per heavy atom. The van der Waals surface area contributed by atoms with E-state index in [1.807, 2.05) is 25.1 Å². The molecule has 0 amide bonds. The van der Waals surface area contributed by atoms with Crippen LogP contribution in [0.15, 0.2) is 73.8 Å². The quantitative estimate of drug-likeness (QED) is 0.625. The van der Waals surface area contributed by atoms with Gasteiger partial charge in [-0.05, 0) is 30.5 Å². The molecule has 0 radical (unpaired) electrons. The second-order valence-electron chi connectivity index (χ2n) is 4.12. The summed E-state index contributed by atoms with van der Waals surface area (Å²) in [7, 11) is 0. The Bertz CT molecular complexity index is 489. The molecular formula is C18H20. The van der Waals surface area contributed by atoms with Gasteiger partial charge in [0.05, 0.1) is 0 Å². The molecule has 0 saturated carbocycles. The van der Waals surface area contributed by atoms with Crippen LogP contribution in [0, 0.1) is 6.92 Å². The highest BCUT2D eigenvalue weighted by atomic mass is 14.0. The molecule has 0 aliphatic heterocycles. The third-order valence-electron chi connectivity index (χ3n) is 2.52. The van der Waals surface area contributed by atoms with Gasteiger partial charge in [-0.2, -0.15) is 0 Å². The van der Waals surface area contributed by atoms with E-state index in [0.29, 0.717) is 0 Å². The van der Waals surface area contributed by atoms with E-state index in [4.69, 9.17) is 0 Å². The van der Waals surface area contributed by atoms with Crippen molar-refractivity contribution < 1.29 is 0 Å². The van der Waals surface area contributed by atoms with Gasteiger partial charge in [0.1, 0.15) is 0 Å². The largest absolute Gasteiger partial charge is 0.103 e. The van der Waals surface area contributed by atoms with Gasteiger partial charge in [-0.15, -0.1) is 6.58 Å². The molecular weight excluding hydrogens is 216 g/mol. The van der Waals surface area contributed by atoms with Crippen LogP contribution in [0.4, 0.5) is 0 Å². The predicted molar refractivity (Wildman–Crippen MR) is 81.6 cm³/mol.